The minimum Gasteiger partial charge on any atom is -0.332 e. The zero-order valence-electron chi connectivity index (χ0n) is 12.7. The molecule has 0 fully saturated rings. The van der Waals surface area contributed by atoms with Crippen molar-refractivity contribution in [1.82, 2.24) is 5.32 Å². The molecule has 0 unspecified atom stereocenters. The molecule has 0 radical (unpaired) electrons. The highest BCUT2D eigenvalue weighted by Gasteiger charge is 2.01. The van der Waals surface area contributed by atoms with Gasteiger partial charge in [0.1, 0.15) is 0 Å². The fraction of sp³-hybridized carbons (Fsp3) is 0.111. The van der Waals surface area contributed by atoms with Crippen LogP contribution in [0, 0.1) is 0 Å². The lowest BCUT2D eigenvalue weighted by Gasteiger charge is -2.08. The van der Waals surface area contributed by atoms with Gasteiger partial charge in [-0.3, -0.25) is 10.1 Å². The van der Waals surface area contributed by atoms with Gasteiger partial charge in [-0.05, 0) is 60.1 Å². The van der Waals surface area contributed by atoms with Crippen molar-refractivity contribution in [3.63, 3.8) is 0 Å². The van der Waals surface area contributed by atoms with E-state index in [1.165, 1.54) is 11.6 Å². The molecule has 0 bridgehead atoms. The molecule has 2 rings (SSSR count). The van der Waals surface area contributed by atoms with E-state index >= 15 is 0 Å². The van der Waals surface area contributed by atoms with Crippen LogP contribution >= 0.6 is 23.8 Å². The maximum absolute atomic E-state index is 11.8. The summed E-state index contributed by atoms with van der Waals surface area (Å²) in [6, 6.07) is 15.1. The summed E-state index contributed by atoms with van der Waals surface area (Å²) in [5.41, 5.74) is 2.98. The number of amides is 1. The first-order valence-corrected chi connectivity index (χ1v) is 8.00. The van der Waals surface area contributed by atoms with Gasteiger partial charge >= 0.3 is 0 Å². The van der Waals surface area contributed by atoms with Gasteiger partial charge in [-0.2, -0.15) is 0 Å². The van der Waals surface area contributed by atoms with Gasteiger partial charge < -0.3 is 5.32 Å². The molecular formula is C18H17ClN2OS. The van der Waals surface area contributed by atoms with Crippen LogP contribution in [0.5, 0.6) is 0 Å². The minimum absolute atomic E-state index is 0.264. The van der Waals surface area contributed by atoms with E-state index in [4.69, 9.17) is 23.8 Å². The molecule has 0 aromatic heterocycles. The summed E-state index contributed by atoms with van der Waals surface area (Å²) in [6.45, 7) is 2.10. The Bertz CT molecular complexity index is 709. The third-order valence-electron chi connectivity index (χ3n) is 3.15. The second kappa shape index (κ2) is 8.46. The molecule has 118 valence electrons. The van der Waals surface area contributed by atoms with Crippen molar-refractivity contribution in [3.8, 4) is 0 Å². The number of benzene rings is 2. The molecular weight excluding hydrogens is 328 g/mol. The molecule has 2 aromatic rings. The van der Waals surface area contributed by atoms with E-state index in [-0.39, 0.29) is 11.0 Å². The molecule has 3 nitrogen and oxygen atoms in total. The van der Waals surface area contributed by atoms with Gasteiger partial charge in [0.15, 0.2) is 5.11 Å². The molecule has 0 atom stereocenters. The SMILES string of the molecule is CCc1ccc(NC(=S)NC(=O)C=Cc2ccc(Cl)cc2)cc1. The van der Waals surface area contributed by atoms with E-state index in [1.807, 2.05) is 36.4 Å². The molecule has 2 aromatic carbocycles. The highest BCUT2D eigenvalue weighted by Crippen LogP contribution is 2.11. The number of rotatable bonds is 4. The van der Waals surface area contributed by atoms with Gasteiger partial charge in [0.25, 0.3) is 0 Å². The highest BCUT2D eigenvalue weighted by molar-refractivity contribution is 7.80. The van der Waals surface area contributed by atoms with Crippen molar-refractivity contribution in [2.75, 3.05) is 5.32 Å². The van der Waals surface area contributed by atoms with Crippen LogP contribution in [0.1, 0.15) is 18.1 Å². The largest absolute Gasteiger partial charge is 0.332 e. The summed E-state index contributed by atoms with van der Waals surface area (Å²) < 4.78 is 0. The lowest BCUT2D eigenvalue weighted by Crippen LogP contribution is -2.32. The van der Waals surface area contributed by atoms with Gasteiger partial charge in [-0.15, -0.1) is 0 Å². The monoisotopic (exact) mass is 344 g/mol. The lowest BCUT2D eigenvalue weighted by atomic mass is 10.1. The zero-order valence-corrected chi connectivity index (χ0v) is 14.2. The lowest BCUT2D eigenvalue weighted by molar-refractivity contribution is -0.115. The third kappa shape index (κ3) is 5.85. The average molecular weight is 345 g/mol. The highest BCUT2D eigenvalue weighted by atomic mass is 35.5. The molecule has 0 heterocycles. The molecule has 0 saturated heterocycles. The quantitative estimate of drug-likeness (QED) is 0.637. The summed E-state index contributed by atoms with van der Waals surface area (Å²) in [7, 11) is 0. The van der Waals surface area contributed by atoms with E-state index in [0.29, 0.717) is 5.02 Å². The van der Waals surface area contributed by atoms with Crippen LogP contribution < -0.4 is 10.6 Å². The normalized spacial score (nSPS) is 10.5. The van der Waals surface area contributed by atoms with Crippen LogP contribution in [0.25, 0.3) is 6.08 Å². The Kier molecular flexibility index (Phi) is 6.32. The molecule has 23 heavy (non-hydrogen) atoms. The second-order valence-electron chi connectivity index (χ2n) is 4.88. The number of carbonyl (C=O) groups is 1. The van der Waals surface area contributed by atoms with E-state index in [9.17, 15) is 4.79 Å². The summed E-state index contributed by atoms with van der Waals surface area (Å²) in [5.74, 6) is -0.289. The molecule has 0 aliphatic carbocycles. The number of anilines is 1. The number of aryl methyl sites for hydroxylation is 1. The van der Waals surface area contributed by atoms with Crippen molar-refractivity contribution in [1.29, 1.82) is 0 Å². The Labute approximate surface area is 146 Å². The molecule has 5 heteroatoms. The van der Waals surface area contributed by atoms with Crippen molar-refractivity contribution < 1.29 is 4.79 Å². The van der Waals surface area contributed by atoms with Crippen molar-refractivity contribution in [2.24, 2.45) is 0 Å². The predicted molar refractivity (Wildman–Crippen MR) is 101 cm³/mol. The number of thiocarbonyl (C=S) groups is 1. The predicted octanol–water partition coefficient (Wildman–Crippen LogP) is 4.43. The number of hydrogen-bond acceptors (Lipinski definition) is 2. The van der Waals surface area contributed by atoms with Crippen LogP contribution in [-0.2, 0) is 11.2 Å². The van der Waals surface area contributed by atoms with Crippen molar-refractivity contribution in [3.05, 3.63) is 70.8 Å². The molecule has 0 aliphatic heterocycles. The average Bonchev–Trinajstić information content (AvgIpc) is 2.55. The Morgan fingerprint density at radius 3 is 2.39 bits per heavy atom. The topological polar surface area (TPSA) is 41.1 Å². The van der Waals surface area contributed by atoms with Crippen LogP contribution in [0.2, 0.25) is 5.02 Å². The first-order valence-electron chi connectivity index (χ1n) is 7.21. The van der Waals surface area contributed by atoms with Gasteiger partial charge in [-0.25, -0.2) is 0 Å². The van der Waals surface area contributed by atoms with E-state index in [0.717, 1.165) is 17.7 Å². The van der Waals surface area contributed by atoms with E-state index < -0.39 is 0 Å². The van der Waals surface area contributed by atoms with Crippen molar-refractivity contribution >= 4 is 46.6 Å². The zero-order chi connectivity index (χ0) is 16.7. The number of halogens is 1. The van der Waals surface area contributed by atoms with Crippen molar-refractivity contribution in [2.45, 2.75) is 13.3 Å². The summed E-state index contributed by atoms with van der Waals surface area (Å²) >= 11 is 10.9. The summed E-state index contributed by atoms with van der Waals surface area (Å²) in [4.78, 5) is 11.8. The number of carbonyl (C=O) groups excluding carboxylic acids is 1. The summed E-state index contributed by atoms with van der Waals surface area (Å²) in [5, 5.41) is 6.51. The Morgan fingerprint density at radius 2 is 1.78 bits per heavy atom. The van der Waals surface area contributed by atoms with Crippen LogP contribution in [0.15, 0.2) is 54.6 Å². The van der Waals surface area contributed by atoms with E-state index in [1.54, 1.807) is 18.2 Å². The van der Waals surface area contributed by atoms with E-state index in [2.05, 4.69) is 17.6 Å². The molecule has 0 aliphatic rings. The van der Waals surface area contributed by atoms with Gasteiger partial charge in [0.05, 0.1) is 0 Å². The van der Waals surface area contributed by atoms with Crippen LogP contribution in [0.3, 0.4) is 0 Å². The molecule has 1 amide bonds. The standard InChI is InChI=1S/C18H17ClN2OS/c1-2-13-5-10-16(11-6-13)20-18(23)21-17(22)12-7-14-3-8-15(19)9-4-14/h3-12H,2H2,1H3,(H2,20,21,22,23). The molecule has 0 spiro atoms. The summed E-state index contributed by atoms with van der Waals surface area (Å²) in [6.07, 6.45) is 4.11. The molecule has 2 N–H and O–H groups in total. The fourth-order valence-corrected chi connectivity index (χ4v) is 2.23. The minimum atomic E-state index is -0.289. The van der Waals surface area contributed by atoms with Gasteiger partial charge in [0, 0.05) is 16.8 Å². The number of hydrogen-bond donors (Lipinski definition) is 2. The second-order valence-corrected chi connectivity index (χ2v) is 5.72. The third-order valence-corrected chi connectivity index (χ3v) is 3.61. The van der Waals surface area contributed by atoms with Gasteiger partial charge in [-0.1, -0.05) is 42.8 Å². The first-order chi connectivity index (χ1) is 11.1. The maximum atomic E-state index is 11.8. The maximum Gasteiger partial charge on any atom is 0.250 e. The Morgan fingerprint density at radius 1 is 1.13 bits per heavy atom. The first kappa shape index (κ1) is 17.2. The number of nitrogens with one attached hydrogen (secondary N) is 2. The van der Waals surface area contributed by atoms with Crippen LogP contribution in [-0.4, -0.2) is 11.0 Å². The Hall–Kier alpha value is -2.17. The fourth-order valence-electron chi connectivity index (χ4n) is 1.89. The Balaban J connectivity index is 1.86. The molecule has 0 saturated carbocycles. The van der Waals surface area contributed by atoms with Gasteiger partial charge in [0.2, 0.25) is 5.91 Å². The smallest absolute Gasteiger partial charge is 0.250 e. The van der Waals surface area contributed by atoms with Crippen LogP contribution in [0.4, 0.5) is 5.69 Å².